The Kier molecular flexibility index (Phi) is 3.13. The summed E-state index contributed by atoms with van der Waals surface area (Å²) in [5.74, 6) is -0.466. The van der Waals surface area contributed by atoms with Crippen LogP contribution in [0.25, 0.3) is 0 Å². The molecule has 94 valence electrons. The average molecular weight is 253 g/mol. The van der Waals surface area contributed by atoms with Gasteiger partial charge in [0, 0.05) is 12.1 Å². The zero-order valence-corrected chi connectivity index (χ0v) is 9.28. The minimum atomic E-state index is -0.954. The highest BCUT2D eigenvalue weighted by Gasteiger charge is 2.14. The molecular formula is C9H8FN5O3. The van der Waals surface area contributed by atoms with Crippen LogP contribution in [-0.2, 0) is 13.7 Å². The van der Waals surface area contributed by atoms with Crippen molar-refractivity contribution in [2.24, 2.45) is 7.05 Å². The van der Waals surface area contributed by atoms with Gasteiger partial charge in [0.05, 0.1) is 12.0 Å². The SMILES string of the molecule is Cn1nnc(COc2ccc([N+](=O)[O-])c(F)c2)n1. The Balaban J connectivity index is 2.06. The lowest BCUT2D eigenvalue weighted by atomic mass is 10.3. The number of nitrogens with zero attached hydrogens (tertiary/aromatic N) is 5. The van der Waals surface area contributed by atoms with Crippen LogP contribution in [0.1, 0.15) is 5.82 Å². The molecule has 1 aromatic heterocycles. The Morgan fingerprint density at radius 3 is 2.89 bits per heavy atom. The Hall–Kier alpha value is -2.58. The van der Waals surface area contributed by atoms with Gasteiger partial charge in [-0.15, -0.1) is 10.2 Å². The lowest BCUT2D eigenvalue weighted by molar-refractivity contribution is -0.387. The van der Waals surface area contributed by atoms with Crippen molar-refractivity contribution in [2.75, 3.05) is 0 Å². The second kappa shape index (κ2) is 4.73. The van der Waals surface area contributed by atoms with E-state index in [1.54, 1.807) is 7.05 Å². The van der Waals surface area contributed by atoms with Crippen LogP contribution in [0.5, 0.6) is 5.75 Å². The number of tetrazole rings is 1. The Morgan fingerprint density at radius 2 is 2.33 bits per heavy atom. The van der Waals surface area contributed by atoms with Crippen LogP contribution in [0.2, 0.25) is 0 Å². The largest absolute Gasteiger partial charge is 0.485 e. The molecule has 0 amide bonds. The first kappa shape index (κ1) is 11.9. The summed E-state index contributed by atoms with van der Waals surface area (Å²) >= 11 is 0. The molecule has 0 aliphatic carbocycles. The van der Waals surface area contributed by atoms with Crippen molar-refractivity contribution >= 4 is 5.69 Å². The predicted molar refractivity (Wildman–Crippen MR) is 56.2 cm³/mol. The number of aromatic nitrogens is 4. The Morgan fingerprint density at radius 1 is 1.56 bits per heavy atom. The molecule has 0 fully saturated rings. The molecule has 18 heavy (non-hydrogen) atoms. The maximum atomic E-state index is 13.3. The number of ether oxygens (including phenoxy) is 1. The number of nitro groups is 1. The summed E-state index contributed by atoms with van der Waals surface area (Å²) in [5.41, 5.74) is -0.597. The third-order valence-corrected chi connectivity index (χ3v) is 2.03. The fourth-order valence-corrected chi connectivity index (χ4v) is 1.25. The van der Waals surface area contributed by atoms with Crippen molar-refractivity contribution in [3.05, 3.63) is 40.0 Å². The summed E-state index contributed by atoms with van der Waals surface area (Å²) in [7, 11) is 1.60. The van der Waals surface area contributed by atoms with Crippen molar-refractivity contribution in [1.29, 1.82) is 0 Å². The van der Waals surface area contributed by atoms with Crippen LogP contribution >= 0.6 is 0 Å². The van der Waals surface area contributed by atoms with Crippen LogP contribution in [0, 0.1) is 15.9 Å². The maximum Gasteiger partial charge on any atom is 0.305 e. The monoisotopic (exact) mass is 253 g/mol. The highest BCUT2D eigenvalue weighted by Crippen LogP contribution is 2.22. The molecule has 1 heterocycles. The first-order valence-corrected chi connectivity index (χ1v) is 4.86. The predicted octanol–water partition coefficient (Wildman–Crippen LogP) is 0.836. The van der Waals surface area contributed by atoms with E-state index in [9.17, 15) is 14.5 Å². The molecule has 0 spiro atoms. The van der Waals surface area contributed by atoms with E-state index in [1.807, 2.05) is 0 Å². The van der Waals surface area contributed by atoms with Gasteiger partial charge >= 0.3 is 5.69 Å². The van der Waals surface area contributed by atoms with E-state index in [1.165, 1.54) is 10.9 Å². The van der Waals surface area contributed by atoms with E-state index < -0.39 is 16.4 Å². The van der Waals surface area contributed by atoms with E-state index in [0.29, 0.717) is 5.82 Å². The molecule has 9 heteroatoms. The zero-order chi connectivity index (χ0) is 13.1. The molecule has 2 aromatic rings. The lowest BCUT2D eigenvalue weighted by Gasteiger charge is -2.03. The van der Waals surface area contributed by atoms with Crippen LogP contribution in [-0.4, -0.2) is 25.1 Å². The maximum absolute atomic E-state index is 13.3. The summed E-state index contributed by atoms with van der Waals surface area (Å²) in [6.45, 7) is 0.00505. The highest BCUT2D eigenvalue weighted by molar-refractivity contribution is 5.37. The molecule has 0 N–H and O–H groups in total. The summed E-state index contributed by atoms with van der Waals surface area (Å²) in [6.07, 6.45) is 0. The second-order valence-electron chi connectivity index (χ2n) is 3.35. The Bertz CT molecular complexity index is 585. The van der Waals surface area contributed by atoms with Gasteiger partial charge in [-0.25, -0.2) is 0 Å². The molecule has 2 rings (SSSR count). The topological polar surface area (TPSA) is 96.0 Å². The van der Waals surface area contributed by atoms with Gasteiger partial charge < -0.3 is 4.74 Å². The molecule has 0 radical (unpaired) electrons. The summed E-state index contributed by atoms with van der Waals surface area (Å²) < 4.78 is 18.4. The quantitative estimate of drug-likeness (QED) is 0.591. The number of halogens is 1. The van der Waals surface area contributed by atoms with E-state index in [2.05, 4.69) is 15.4 Å². The third kappa shape index (κ3) is 2.56. The van der Waals surface area contributed by atoms with Crippen molar-refractivity contribution < 1.29 is 14.1 Å². The average Bonchev–Trinajstić information content (AvgIpc) is 2.72. The van der Waals surface area contributed by atoms with E-state index in [-0.39, 0.29) is 12.4 Å². The molecule has 0 saturated heterocycles. The van der Waals surface area contributed by atoms with Crippen molar-refractivity contribution in [3.8, 4) is 5.75 Å². The number of aryl methyl sites for hydroxylation is 1. The van der Waals surface area contributed by atoms with Gasteiger partial charge in [0.15, 0.2) is 6.61 Å². The van der Waals surface area contributed by atoms with Gasteiger partial charge in [-0.1, -0.05) is 0 Å². The van der Waals surface area contributed by atoms with E-state index in [0.717, 1.165) is 12.1 Å². The van der Waals surface area contributed by atoms with E-state index in [4.69, 9.17) is 4.74 Å². The minimum absolute atomic E-state index is 0.00505. The first-order valence-electron chi connectivity index (χ1n) is 4.86. The van der Waals surface area contributed by atoms with Crippen molar-refractivity contribution in [1.82, 2.24) is 20.2 Å². The van der Waals surface area contributed by atoms with Crippen molar-refractivity contribution in [3.63, 3.8) is 0 Å². The molecule has 1 aromatic carbocycles. The second-order valence-corrected chi connectivity index (χ2v) is 3.35. The van der Waals surface area contributed by atoms with Gasteiger partial charge in [-0.3, -0.25) is 10.1 Å². The third-order valence-electron chi connectivity index (χ3n) is 2.03. The van der Waals surface area contributed by atoms with Gasteiger partial charge in [0.2, 0.25) is 11.6 Å². The molecule has 0 saturated carbocycles. The van der Waals surface area contributed by atoms with Crippen molar-refractivity contribution in [2.45, 2.75) is 6.61 Å². The molecule has 0 aliphatic heterocycles. The van der Waals surface area contributed by atoms with Gasteiger partial charge in [-0.2, -0.15) is 9.19 Å². The minimum Gasteiger partial charge on any atom is -0.485 e. The highest BCUT2D eigenvalue weighted by atomic mass is 19.1. The summed E-state index contributed by atoms with van der Waals surface area (Å²) in [4.78, 5) is 10.9. The van der Waals surface area contributed by atoms with Gasteiger partial charge in [-0.05, 0) is 11.3 Å². The normalized spacial score (nSPS) is 10.3. The smallest absolute Gasteiger partial charge is 0.305 e. The number of rotatable bonds is 4. The van der Waals surface area contributed by atoms with Crippen LogP contribution < -0.4 is 4.74 Å². The molecular weight excluding hydrogens is 245 g/mol. The number of hydrogen-bond donors (Lipinski definition) is 0. The zero-order valence-electron chi connectivity index (χ0n) is 9.28. The van der Waals surface area contributed by atoms with Gasteiger partial charge in [0.25, 0.3) is 0 Å². The number of benzene rings is 1. The van der Waals surface area contributed by atoms with E-state index >= 15 is 0 Å². The fourth-order valence-electron chi connectivity index (χ4n) is 1.25. The summed E-state index contributed by atoms with van der Waals surface area (Å²) in [6, 6.07) is 3.28. The molecule has 0 aliphatic rings. The van der Waals surface area contributed by atoms with Crippen LogP contribution in [0.4, 0.5) is 10.1 Å². The standard InChI is InChI=1S/C9H8FN5O3/c1-14-12-9(11-13-14)5-18-6-2-3-8(15(16)17)7(10)4-6/h2-4H,5H2,1H3. The first-order chi connectivity index (χ1) is 8.56. The van der Waals surface area contributed by atoms with Gasteiger partial charge in [0.1, 0.15) is 5.75 Å². The number of hydrogen-bond acceptors (Lipinski definition) is 6. The molecule has 0 bridgehead atoms. The number of nitro benzene ring substituents is 1. The van der Waals surface area contributed by atoms with Crippen LogP contribution in [0.15, 0.2) is 18.2 Å². The van der Waals surface area contributed by atoms with Crippen LogP contribution in [0.3, 0.4) is 0 Å². The molecule has 0 unspecified atom stereocenters. The summed E-state index contributed by atoms with van der Waals surface area (Å²) in [5, 5.41) is 21.5. The molecule has 0 atom stereocenters. The Labute approximate surface area is 100 Å². The molecule has 8 nitrogen and oxygen atoms in total. The fraction of sp³-hybridized carbons (Fsp3) is 0.222. The lowest BCUT2D eigenvalue weighted by Crippen LogP contribution is -2.00.